The number of ether oxygens (including phenoxy) is 1. The Kier molecular flexibility index (Phi) is 1.79. The molecule has 0 radical (unpaired) electrons. The standard InChI is InChI=1S/C9H12O3/c10-9(11)5-12-8-4-6-1-2-7(8)3-6/h4,6-7H,1-3,5H2,(H,10,11). The highest BCUT2D eigenvalue weighted by Gasteiger charge is 2.34. The highest BCUT2D eigenvalue weighted by Crippen LogP contribution is 2.43. The fourth-order valence-corrected chi connectivity index (χ4v) is 2.11. The van der Waals surface area contributed by atoms with Gasteiger partial charge in [0, 0.05) is 5.92 Å². The van der Waals surface area contributed by atoms with Crippen LogP contribution in [0, 0.1) is 11.8 Å². The smallest absolute Gasteiger partial charge is 0.341 e. The van der Waals surface area contributed by atoms with Crippen LogP contribution in [0.4, 0.5) is 0 Å². The summed E-state index contributed by atoms with van der Waals surface area (Å²) in [5.74, 6) is 1.22. The molecule has 1 N–H and O–H groups in total. The summed E-state index contributed by atoms with van der Waals surface area (Å²) in [7, 11) is 0. The zero-order valence-electron chi connectivity index (χ0n) is 6.82. The molecule has 0 aromatic heterocycles. The Labute approximate surface area is 71.0 Å². The first-order chi connectivity index (χ1) is 5.75. The predicted octanol–water partition coefficient (Wildman–Crippen LogP) is 1.40. The number of fused-ring (bicyclic) bond motifs is 2. The van der Waals surface area contributed by atoms with Crippen molar-refractivity contribution in [2.75, 3.05) is 6.61 Å². The van der Waals surface area contributed by atoms with Gasteiger partial charge in [0.1, 0.15) is 0 Å². The Balaban J connectivity index is 1.89. The first-order valence-corrected chi connectivity index (χ1v) is 4.32. The zero-order chi connectivity index (χ0) is 8.55. The summed E-state index contributed by atoms with van der Waals surface area (Å²) in [6.45, 7) is -0.185. The van der Waals surface area contributed by atoms with Gasteiger partial charge in [-0.05, 0) is 31.3 Å². The molecule has 12 heavy (non-hydrogen) atoms. The van der Waals surface area contributed by atoms with Crippen molar-refractivity contribution in [3.8, 4) is 0 Å². The van der Waals surface area contributed by atoms with E-state index in [0.29, 0.717) is 11.8 Å². The summed E-state index contributed by atoms with van der Waals surface area (Å²) in [6, 6.07) is 0. The summed E-state index contributed by atoms with van der Waals surface area (Å²) >= 11 is 0. The molecule has 2 bridgehead atoms. The maximum atomic E-state index is 10.2. The monoisotopic (exact) mass is 168 g/mol. The second kappa shape index (κ2) is 2.81. The highest BCUT2D eigenvalue weighted by atomic mass is 16.5. The molecule has 0 spiro atoms. The van der Waals surface area contributed by atoms with Gasteiger partial charge in [-0.2, -0.15) is 0 Å². The summed E-state index contributed by atoms with van der Waals surface area (Å²) in [5.41, 5.74) is 0. The van der Waals surface area contributed by atoms with Crippen molar-refractivity contribution in [2.45, 2.75) is 19.3 Å². The molecule has 2 rings (SSSR count). The van der Waals surface area contributed by atoms with Crippen LogP contribution in [0.15, 0.2) is 11.8 Å². The molecular formula is C9H12O3. The summed E-state index contributed by atoms with van der Waals surface area (Å²) in [5, 5.41) is 8.39. The van der Waals surface area contributed by atoms with E-state index in [4.69, 9.17) is 9.84 Å². The van der Waals surface area contributed by atoms with Gasteiger partial charge >= 0.3 is 5.97 Å². The second-order valence-corrected chi connectivity index (χ2v) is 3.52. The van der Waals surface area contributed by atoms with Gasteiger partial charge in [0.15, 0.2) is 6.61 Å². The minimum atomic E-state index is -0.890. The maximum Gasteiger partial charge on any atom is 0.341 e. The highest BCUT2D eigenvalue weighted by molar-refractivity contribution is 5.68. The number of hydrogen-bond acceptors (Lipinski definition) is 2. The number of carboxylic acids is 1. The van der Waals surface area contributed by atoms with Crippen molar-refractivity contribution >= 4 is 5.97 Å². The van der Waals surface area contributed by atoms with E-state index >= 15 is 0 Å². The average Bonchev–Trinajstić information content (AvgIpc) is 2.60. The molecule has 3 heteroatoms. The minimum absolute atomic E-state index is 0.185. The van der Waals surface area contributed by atoms with E-state index in [0.717, 1.165) is 5.76 Å². The number of carbonyl (C=O) groups is 1. The first-order valence-electron chi connectivity index (χ1n) is 4.32. The van der Waals surface area contributed by atoms with E-state index in [2.05, 4.69) is 6.08 Å². The number of aliphatic carboxylic acids is 1. The molecule has 2 unspecified atom stereocenters. The van der Waals surface area contributed by atoms with Crippen molar-refractivity contribution in [1.82, 2.24) is 0 Å². The normalized spacial score (nSPS) is 31.8. The van der Waals surface area contributed by atoms with Crippen molar-refractivity contribution < 1.29 is 14.6 Å². The van der Waals surface area contributed by atoms with Crippen LogP contribution in [-0.4, -0.2) is 17.7 Å². The van der Waals surface area contributed by atoms with Gasteiger partial charge in [0.2, 0.25) is 0 Å². The lowest BCUT2D eigenvalue weighted by atomic mass is 10.1. The van der Waals surface area contributed by atoms with Gasteiger partial charge in [-0.15, -0.1) is 0 Å². The lowest BCUT2D eigenvalue weighted by molar-refractivity contribution is -0.141. The fraction of sp³-hybridized carbons (Fsp3) is 0.667. The van der Waals surface area contributed by atoms with Crippen molar-refractivity contribution in [1.29, 1.82) is 0 Å². The predicted molar refractivity (Wildman–Crippen MR) is 42.5 cm³/mol. The summed E-state index contributed by atoms with van der Waals surface area (Å²) in [4.78, 5) is 10.2. The Morgan fingerprint density at radius 2 is 2.50 bits per heavy atom. The third-order valence-electron chi connectivity index (χ3n) is 2.64. The fourth-order valence-electron chi connectivity index (χ4n) is 2.11. The Morgan fingerprint density at radius 1 is 1.67 bits per heavy atom. The van der Waals surface area contributed by atoms with Gasteiger partial charge < -0.3 is 9.84 Å². The maximum absolute atomic E-state index is 10.2. The molecule has 0 saturated heterocycles. The van der Waals surface area contributed by atoms with Crippen LogP contribution in [0.1, 0.15) is 19.3 Å². The molecule has 2 aliphatic rings. The van der Waals surface area contributed by atoms with E-state index in [1.54, 1.807) is 0 Å². The van der Waals surface area contributed by atoms with Gasteiger partial charge in [-0.1, -0.05) is 0 Å². The lowest BCUT2D eigenvalue weighted by Crippen LogP contribution is -2.10. The molecule has 0 amide bonds. The number of rotatable bonds is 3. The van der Waals surface area contributed by atoms with Crippen LogP contribution in [0.2, 0.25) is 0 Å². The minimum Gasteiger partial charge on any atom is -0.486 e. The van der Waals surface area contributed by atoms with E-state index in [9.17, 15) is 4.79 Å². The quantitative estimate of drug-likeness (QED) is 0.692. The SMILES string of the molecule is O=C(O)COC1=CC2CCC1C2. The van der Waals surface area contributed by atoms with Crippen LogP contribution in [0.5, 0.6) is 0 Å². The molecule has 1 fully saturated rings. The first kappa shape index (κ1) is 7.65. The van der Waals surface area contributed by atoms with E-state index < -0.39 is 5.97 Å². The van der Waals surface area contributed by atoms with E-state index in [-0.39, 0.29) is 6.61 Å². The summed E-state index contributed by atoms with van der Waals surface area (Å²) < 4.78 is 5.16. The molecule has 0 aromatic carbocycles. The summed E-state index contributed by atoms with van der Waals surface area (Å²) in [6.07, 6.45) is 5.70. The molecule has 0 aromatic rings. The van der Waals surface area contributed by atoms with Crippen LogP contribution >= 0.6 is 0 Å². The van der Waals surface area contributed by atoms with Gasteiger partial charge in [-0.25, -0.2) is 4.79 Å². The van der Waals surface area contributed by atoms with Crippen LogP contribution in [0.25, 0.3) is 0 Å². The molecule has 2 aliphatic carbocycles. The molecular weight excluding hydrogens is 156 g/mol. The zero-order valence-corrected chi connectivity index (χ0v) is 6.82. The van der Waals surface area contributed by atoms with Crippen LogP contribution in [0.3, 0.4) is 0 Å². The van der Waals surface area contributed by atoms with Crippen molar-refractivity contribution in [2.24, 2.45) is 11.8 Å². The molecule has 0 aliphatic heterocycles. The Morgan fingerprint density at radius 3 is 3.00 bits per heavy atom. The molecule has 0 heterocycles. The van der Waals surface area contributed by atoms with Crippen LogP contribution in [-0.2, 0) is 9.53 Å². The second-order valence-electron chi connectivity index (χ2n) is 3.52. The molecule has 2 atom stereocenters. The van der Waals surface area contributed by atoms with Gasteiger partial charge in [0.25, 0.3) is 0 Å². The number of hydrogen-bond donors (Lipinski definition) is 1. The molecule has 66 valence electrons. The topological polar surface area (TPSA) is 46.5 Å². The lowest BCUT2D eigenvalue weighted by Gasteiger charge is -2.12. The van der Waals surface area contributed by atoms with Crippen molar-refractivity contribution in [3.05, 3.63) is 11.8 Å². The molecule has 1 saturated carbocycles. The average molecular weight is 168 g/mol. The third-order valence-corrected chi connectivity index (χ3v) is 2.64. The van der Waals surface area contributed by atoms with Crippen LogP contribution < -0.4 is 0 Å². The van der Waals surface area contributed by atoms with E-state index in [1.165, 1.54) is 19.3 Å². The Bertz CT molecular complexity index is 232. The van der Waals surface area contributed by atoms with E-state index in [1.807, 2.05) is 0 Å². The number of carboxylic acid groups (broad SMARTS) is 1. The van der Waals surface area contributed by atoms with Gasteiger partial charge in [0.05, 0.1) is 5.76 Å². The van der Waals surface area contributed by atoms with Crippen molar-refractivity contribution in [3.63, 3.8) is 0 Å². The molecule has 3 nitrogen and oxygen atoms in total. The third kappa shape index (κ3) is 1.31. The Hall–Kier alpha value is -0.990. The number of allylic oxidation sites excluding steroid dienone is 2. The van der Waals surface area contributed by atoms with Gasteiger partial charge in [-0.3, -0.25) is 0 Å². The largest absolute Gasteiger partial charge is 0.486 e.